The lowest BCUT2D eigenvalue weighted by atomic mass is 10.1. The fraction of sp³-hybridized carbons (Fsp3) is 0.136. The third kappa shape index (κ3) is 3.69. The Hall–Kier alpha value is -3.52. The number of rotatable bonds is 6. The predicted octanol–water partition coefficient (Wildman–Crippen LogP) is 4.13. The average molecular weight is 423 g/mol. The highest BCUT2D eigenvalue weighted by Crippen LogP contribution is 2.31. The minimum absolute atomic E-state index is 0.0777. The molecule has 30 heavy (non-hydrogen) atoms. The standard InChI is InChI=1S/C22H21N3O4S/c1-15-6-5-11-25-14-19(23-22(15)25)16-7-4-8-17(12-16)24-30(26,27)18-9-10-20(28-2)21(13-18)29-3/h4-14,24H,1-3H3. The molecule has 2 aromatic heterocycles. The molecule has 2 heterocycles. The monoisotopic (exact) mass is 423 g/mol. The average Bonchev–Trinajstić information content (AvgIpc) is 3.19. The Morgan fingerprint density at radius 2 is 1.77 bits per heavy atom. The highest BCUT2D eigenvalue weighted by molar-refractivity contribution is 7.92. The summed E-state index contributed by atoms with van der Waals surface area (Å²) < 4.78 is 40.7. The van der Waals surface area contributed by atoms with Gasteiger partial charge in [-0.2, -0.15) is 0 Å². The number of nitrogens with one attached hydrogen (secondary N) is 1. The molecule has 0 amide bonds. The van der Waals surface area contributed by atoms with Crippen LogP contribution in [0.5, 0.6) is 11.5 Å². The molecule has 0 radical (unpaired) electrons. The summed E-state index contributed by atoms with van der Waals surface area (Å²) in [4.78, 5) is 4.75. The lowest BCUT2D eigenvalue weighted by Gasteiger charge is -2.12. The van der Waals surface area contributed by atoms with Gasteiger partial charge in [0.25, 0.3) is 10.0 Å². The summed E-state index contributed by atoms with van der Waals surface area (Å²) in [7, 11) is -0.856. The van der Waals surface area contributed by atoms with Gasteiger partial charge in [-0.05, 0) is 42.8 Å². The Morgan fingerprint density at radius 1 is 0.967 bits per heavy atom. The summed E-state index contributed by atoms with van der Waals surface area (Å²) in [5.41, 5.74) is 3.94. The molecule has 7 nitrogen and oxygen atoms in total. The number of ether oxygens (including phenoxy) is 2. The number of sulfonamides is 1. The second kappa shape index (κ2) is 7.72. The first-order valence-corrected chi connectivity index (χ1v) is 10.7. The van der Waals surface area contributed by atoms with Crippen molar-refractivity contribution in [1.29, 1.82) is 0 Å². The van der Waals surface area contributed by atoms with Crippen LogP contribution in [0.2, 0.25) is 0 Å². The van der Waals surface area contributed by atoms with Crippen molar-refractivity contribution in [3.8, 4) is 22.8 Å². The number of hydrogen-bond acceptors (Lipinski definition) is 5. The number of anilines is 1. The summed E-state index contributed by atoms with van der Waals surface area (Å²) in [6.07, 6.45) is 3.85. The zero-order valence-corrected chi connectivity index (χ0v) is 17.6. The topological polar surface area (TPSA) is 81.9 Å². The molecule has 2 aromatic carbocycles. The van der Waals surface area contributed by atoms with E-state index in [1.807, 2.05) is 41.9 Å². The zero-order valence-electron chi connectivity index (χ0n) is 16.8. The van der Waals surface area contributed by atoms with Gasteiger partial charge in [-0.25, -0.2) is 13.4 Å². The summed E-state index contributed by atoms with van der Waals surface area (Å²) >= 11 is 0. The Morgan fingerprint density at radius 3 is 2.50 bits per heavy atom. The number of methoxy groups -OCH3 is 2. The first-order valence-electron chi connectivity index (χ1n) is 9.21. The summed E-state index contributed by atoms with van der Waals surface area (Å²) in [6.45, 7) is 2.00. The fourth-order valence-corrected chi connectivity index (χ4v) is 4.30. The summed E-state index contributed by atoms with van der Waals surface area (Å²) in [5, 5.41) is 0. The Bertz CT molecular complexity index is 1330. The van der Waals surface area contributed by atoms with E-state index in [0.29, 0.717) is 17.2 Å². The van der Waals surface area contributed by atoms with Gasteiger partial charge in [-0.3, -0.25) is 4.72 Å². The molecule has 1 N–H and O–H groups in total. The van der Waals surface area contributed by atoms with Crippen LogP contribution in [0.3, 0.4) is 0 Å². The second-order valence-corrected chi connectivity index (χ2v) is 8.43. The van der Waals surface area contributed by atoms with Gasteiger partial charge in [-0.15, -0.1) is 0 Å². The van der Waals surface area contributed by atoms with Crippen molar-refractivity contribution in [3.05, 3.63) is 72.6 Å². The van der Waals surface area contributed by atoms with Gasteiger partial charge in [0, 0.05) is 29.7 Å². The molecule has 0 saturated carbocycles. The Balaban J connectivity index is 1.66. The third-order valence-corrected chi connectivity index (χ3v) is 6.13. The van der Waals surface area contributed by atoms with Crippen molar-refractivity contribution in [2.24, 2.45) is 0 Å². The molecular formula is C22H21N3O4S. The quantitative estimate of drug-likeness (QED) is 0.504. The maximum Gasteiger partial charge on any atom is 0.262 e. The van der Waals surface area contributed by atoms with Gasteiger partial charge in [-0.1, -0.05) is 18.2 Å². The van der Waals surface area contributed by atoms with Gasteiger partial charge in [0.1, 0.15) is 5.65 Å². The molecule has 0 saturated heterocycles. The normalized spacial score (nSPS) is 11.4. The van der Waals surface area contributed by atoms with Crippen LogP contribution in [0.4, 0.5) is 5.69 Å². The van der Waals surface area contributed by atoms with E-state index in [9.17, 15) is 8.42 Å². The Kier molecular flexibility index (Phi) is 5.09. The molecule has 0 bridgehead atoms. The van der Waals surface area contributed by atoms with E-state index in [4.69, 9.17) is 9.47 Å². The number of imidazole rings is 1. The fourth-order valence-electron chi connectivity index (χ4n) is 3.23. The number of nitrogens with zero attached hydrogens (tertiary/aromatic N) is 2. The molecule has 154 valence electrons. The number of fused-ring (bicyclic) bond motifs is 1. The minimum atomic E-state index is -3.81. The van der Waals surface area contributed by atoms with Crippen molar-refractivity contribution in [2.45, 2.75) is 11.8 Å². The van der Waals surface area contributed by atoms with Crippen molar-refractivity contribution in [2.75, 3.05) is 18.9 Å². The van der Waals surface area contributed by atoms with Crippen molar-refractivity contribution < 1.29 is 17.9 Å². The molecule has 0 aliphatic rings. The molecule has 4 aromatic rings. The molecule has 0 atom stereocenters. The van der Waals surface area contributed by atoms with E-state index in [0.717, 1.165) is 22.5 Å². The number of hydrogen-bond donors (Lipinski definition) is 1. The second-order valence-electron chi connectivity index (χ2n) is 6.75. The van der Waals surface area contributed by atoms with Crippen LogP contribution in [0, 0.1) is 6.92 Å². The lowest BCUT2D eigenvalue weighted by molar-refractivity contribution is 0.354. The maximum atomic E-state index is 12.9. The molecular weight excluding hydrogens is 402 g/mol. The van der Waals surface area contributed by atoms with E-state index >= 15 is 0 Å². The maximum absolute atomic E-state index is 12.9. The van der Waals surface area contributed by atoms with E-state index in [2.05, 4.69) is 9.71 Å². The van der Waals surface area contributed by atoms with E-state index in [-0.39, 0.29) is 4.90 Å². The molecule has 0 spiro atoms. The summed E-state index contributed by atoms with van der Waals surface area (Å²) in [5.74, 6) is 0.801. The molecule has 0 aliphatic carbocycles. The number of pyridine rings is 1. The van der Waals surface area contributed by atoms with Crippen LogP contribution >= 0.6 is 0 Å². The smallest absolute Gasteiger partial charge is 0.262 e. The first kappa shape index (κ1) is 19.8. The summed E-state index contributed by atoms with van der Waals surface area (Å²) in [6, 6.07) is 15.6. The highest BCUT2D eigenvalue weighted by Gasteiger charge is 2.18. The van der Waals surface area contributed by atoms with Gasteiger partial charge < -0.3 is 13.9 Å². The van der Waals surface area contributed by atoms with Crippen LogP contribution in [0.15, 0.2) is 71.9 Å². The molecule has 0 aliphatic heterocycles. The van der Waals surface area contributed by atoms with Crippen LogP contribution in [-0.4, -0.2) is 32.0 Å². The highest BCUT2D eigenvalue weighted by atomic mass is 32.2. The number of aromatic nitrogens is 2. The zero-order chi connectivity index (χ0) is 21.3. The lowest BCUT2D eigenvalue weighted by Crippen LogP contribution is -2.13. The Labute approximate surface area is 175 Å². The third-order valence-electron chi connectivity index (χ3n) is 4.75. The number of benzene rings is 2. The predicted molar refractivity (Wildman–Crippen MR) is 116 cm³/mol. The minimum Gasteiger partial charge on any atom is -0.493 e. The van der Waals surface area contributed by atoms with Crippen LogP contribution in [0.1, 0.15) is 5.56 Å². The number of aryl methyl sites for hydroxylation is 1. The van der Waals surface area contributed by atoms with Crippen LogP contribution in [-0.2, 0) is 10.0 Å². The van der Waals surface area contributed by atoms with Crippen LogP contribution in [0.25, 0.3) is 16.9 Å². The van der Waals surface area contributed by atoms with Gasteiger partial charge in [0.2, 0.25) is 0 Å². The van der Waals surface area contributed by atoms with Crippen molar-refractivity contribution in [3.63, 3.8) is 0 Å². The largest absolute Gasteiger partial charge is 0.493 e. The van der Waals surface area contributed by atoms with Crippen LogP contribution < -0.4 is 14.2 Å². The van der Waals surface area contributed by atoms with Crippen molar-refractivity contribution in [1.82, 2.24) is 9.38 Å². The van der Waals surface area contributed by atoms with E-state index in [1.54, 1.807) is 24.3 Å². The molecule has 4 rings (SSSR count). The van der Waals surface area contributed by atoms with Gasteiger partial charge in [0.15, 0.2) is 11.5 Å². The molecule has 0 fully saturated rings. The SMILES string of the molecule is COc1ccc(S(=O)(=O)Nc2cccc(-c3cn4cccc(C)c4n3)c2)cc1OC. The van der Waals surface area contributed by atoms with Crippen molar-refractivity contribution >= 4 is 21.4 Å². The van der Waals surface area contributed by atoms with Gasteiger partial charge in [0.05, 0.1) is 24.8 Å². The first-order chi connectivity index (χ1) is 14.4. The molecule has 8 heteroatoms. The van der Waals surface area contributed by atoms with E-state index < -0.39 is 10.0 Å². The molecule has 0 unspecified atom stereocenters. The van der Waals surface area contributed by atoms with E-state index in [1.165, 1.54) is 26.4 Å². The van der Waals surface area contributed by atoms with Gasteiger partial charge >= 0.3 is 0 Å².